The van der Waals surface area contributed by atoms with Gasteiger partial charge < -0.3 is 10.4 Å². The number of rotatable bonds is 2. The van der Waals surface area contributed by atoms with Crippen molar-refractivity contribution in [2.75, 3.05) is 5.32 Å². The van der Waals surface area contributed by atoms with Gasteiger partial charge in [-0.05, 0) is 30.9 Å². The van der Waals surface area contributed by atoms with Gasteiger partial charge in [-0.2, -0.15) is 0 Å². The number of benzene rings is 1. The fourth-order valence-corrected chi connectivity index (χ4v) is 4.40. The van der Waals surface area contributed by atoms with Crippen molar-refractivity contribution in [1.29, 1.82) is 0 Å². The number of hydrogen-bond donors (Lipinski definition) is 2. The Hall–Kier alpha value is -1.00. The largest absolute Gasteiger partial charge is 0.378 e. The van der Waals surface area contributed by atoms with E-state index in [1.54, 1.807) is 0 Å². The van der Waals surface area contributed by atoms with E-state index >= 15 is 0 Å². The molecule has 1 heterocycles. The van der Waals surface area contributed by atoms with Crippen LogP contribution in [0, 0.1) is 5.92 Å². The molecule has 1 aliphatic carbocycles. The van der Waals surface area contributed by atoms with Crippen molar-refractivity contribution in [2.24, 2.45) is 5.92 Å². The smallest absolute Gasteiger partial charge is 0.257 e. The highest BCUT2D eigenvalue weighted by molar-refractivity contribution is 8.00. The van der Waals surface area contributed by atoms with Gasteiger partial charge in [-0.25, -0.2) is 0 Å². The fraction of sp³-hybridized carbons (Fsp3) is 0.533. The Balaban J connectivity index is 1.73. The van der Waals surface area contributed by atoms with Gasteiger partial charge in [-0.3, -0.25) is 4.79 Å². The van der Waals surface area contributed by atoms with E-state index in [9.17, 15) is 9.90 Å². The van der Waals surface area contributed by atoms with Gasteiger partial charge in [0.05, 0.1) is 0 Å². The summed E-state index contributed by atoms with van der Waals surface area (Å²) >= 11 is 1.90. The normalized spacial score (nSPS) is 30.0. The molecule has 1 aromatic rings. The lowest BCUT2D eigenvalue weighted by molar-refractivity contribution is -0.123. The lowest BCUT2D eigenvalue weighted by Gasteiger charge is -2.26. The van der Waals surface area contributed by atoms with Crippen LogP contribution in [0.4, 0.5) is 5.69 Å². The minimum absolute atomic E-state index is 0.316. The maximum atomic E-state index is 11.4. The number of carbonyl (C=O) groups is 1. The number of aliphatic hydroxyl groups excluding tert-OH is 1. The summed E-state index contributed by atoms with van der Waals surface area (Å²) in [6.07, 6.45) is 4.23. The molecule has 3 rings (SSSR count). The van der Waals surface area contributed by atoms with E-state index in [0.29, 0.717) is 10.8 Å². The van der Waals surface area contributed by atoms with Crippen LogP contribution in [0.3, 0.4) is 0 Å². The molecule has 3 unspecified atom stereocenters. The molecule has 2 aliphatic rings. The van der Waals surface area contributed by atoms with E-state index in [1.807, 2.05) is 30.0 Å². The molecule has 1 aromatic carbocycles. The number of hydrogen-bond acceptors (Lipinski definition) is 3. The van der Waals surface area contributed by atoms with E-state index in [1.165, 1.54) is 30.6 Å². The van der Waals surface area contributed by atoms with Crippen molar-refractivity contribution in [3.63, 3.8) is 0 Å². The van der Waals surface area contributed by atoms with Gasteiger partial charge in [0.15, 0.2) is 6.10 Å². The van der Waals surface area contributed by atoms with Gasteiger partial charge >= 0.3 is 0 Å². The van der Waals surface area contributed by atoms with Gasteiger partial charge in [-0.15, -0.1) is 11.8 Å². The molecule has 1 amide bonds. The Morgan fingerprint density at radius 2 is 2.21 bits per heavy atom. The second-order valence-corrected chi connectivity index (χ2v) is 7.03. The molecular weight excluding hydrogens is 258 g/mol. The predicted octanol–water partition coefficient (Wildman–Crippen LogP) is 3.34. The van der Waals surface area contributed by atoms with Gasteiger partial charge in [0, 0.05) is 21.4 Å². The van der Waals surface area contributed by atoms with E-state index < -0.39 is 6.10 Å². The molecule has 0 aromatic heterocycles. The second kappa shape index (κ2) is 5.17. The highest BCUT2D eigenvalue weighted by Gasteiger charge is 2.28. The standard InChI is InChI=1S/C15H19NO2S/c1-9-3-2-4-10(7-9)19-11-5-6-12-13(8-11)16-15(18)14(12)17/h5-6,8-10,14,17H,2-4,7H2,1H3,(H,16,18). The average Bonchev–Trinajstić information content (AvgIpc) is 2.65. The summed E-state index contributed by atoms with van der Waals surface area (Å²) in [5, 5.41) is 13.1. The minimum Gasteiger partial charge on any atom is -0.378 e. The molecule has 0 bridgehead atoms. The first-order valence-electron chi connectivity index (χ1n) is 6.93. The molecule has 1 saturated carbocycles. The summed E-state index contributed by atoms with van der Waals surface area (Å²) < 4.78 is 0. The highest BCUT2D eigenvalue weighted by atomic mass is 32.2. The molecule has 2 N–H and O–H groups in total. The first-order chi connectivity index (χ1) is 9.13. The molecule has 1 fully saturated rings. The number of nitrogens with one attached hydrogen (secondary N) is 1. The Bertz CT molecular complexity index is 503. The summed E-state index contributed by atoms with van der Waals surface area (Å²) in [6.45, 7) is 2.33. The number of aliphatic hydroxyl groups is 1. The SMILES string of the molecule is CC1CCCC(Sc2ccc3c(c2)NC(=O)C3O)C1. The van der Waals surface area contributed by atoms with Gasteiger partial charge in [0.2, 0.25) is 0 Å². The van der Waals surface area contributed by atoms with E-state index in [4.69, 9.17) is 0 Å². The number of anilines is 1. The molecular formula is C15H19NO2S. The van der Waals surface area contributed by atoms with E-state index in [-0.39, 0.29) is 5.91 Å². The van der Waals surface area contributed by atoms with Gasteiger partial charge in [0.1, 0.15) is 0 Å². The molecule has 4 heteroatoms. The van der Waals surface area contributed by atoms with Crippen molar-refractivity contribution in [3.05, 3.63) is 23.8 Å². The second-order valence-electron chi connectivity index (χ2n) is 5.65. The zero-order valence-electron chi connectivity index (χ0n) is 11.1. The highest BCUT2D eigenvalue weighted by Crippen LogP contribution is 2.39. The van der Waals surface area contributed by atoms with Crippen LogP contribution in [0.5, 0.6) is 0 Å². The molecule has 3 nitrogen and oxygen atoms in total. The Morgan fingerprint density at radius 1 is 1.37 bits per heavy atom. The fourth-order valence-electron chi connectivity index (χ4n) is 2.98. The van der Waals surface area contributed by atoms with Crippen molar-refractivity contribution in [1.82, 2.24) is 0 Å². The molecule has 19 heavy (non-hydrogen) atoms. The third kappa shape index (κ3) is 2.65. The van der Waals surface area contributed by atoms with Gasteiger partial charge in [0.25, 0.3) is 5.91 Å². The first-order valence-corrected chi connectivity index (χ1v) is 7.81. The third-order valence-corrected chi connectivity index (χ3v) is 5.30. The van der Waals surface area contributed by atoms with Crippen LogP contribution in [0.15, 0.2) is 23.1 Å². The molecule has 102 valence electrons. The maximum absolute atomic E-state index is 11.4. The summed E-state index contributed by atoms with van der Waals surface area (Å²) in [4.78, 5) is 12.6. The quantitative estimate of drug-likeness (QED) is 0.871. The number of thioether (sulfide) groups is 1. The molecule has 3 atom stereocenters. The maximum Gasteiger partial charge on any atom is 0.257 e. The first kappa shape index (κ1) is 13.0. The third-order valence-electron chi connectivity index (χ3n) is 4.02. The lowest BCUT2D eigenvalue weighted by Crippen LogP contribution is -2.14. The summed E-state index contributed by atoms with van der Waals surface area (Å²) in [7, 11) is 0. The van der Waals surface area contributed by atoms with Crippen LogP contribution in [-0.2, 0) is 4.79 Å². The van der Waals surface area contributed by atoms with Gasteiger partial charge in [-0.1, -0.05) is 25.8 Å². The Labute approximate surface area is 117 Å². The van der Waals surface area contributed by atoms with Crippen LogP contribution >= 0.6 is 11.8 Å². The zero-order chi connectivity index (χ0) is 13.4. The van der Waals surface area contributed by atoms with Crippen molar-refractivity contribution in [3.8, 4) is 0 Å². The van der Waals surface area contributed by atoms with E-state index in [2.05, 4.69) is 12.2 Å². The molecule has 0 radical (unpaired) electrons. The molecule has 1 aliphatic heterocycles. The zero-order valence-corrected chi connectivity index (χ0v) is 11.9. The summed E-state index contributed by atoms with van der Waals surface area (Å²) in [5.74, 6) is 0.505. The number of amides is 1. The lowest BCUT2D eigenvalue weighted by atomic mass is 9.91. The molecule has 0 saturated heterocycles. The van der Waals surface area contributed by atoms with Crippen molar-refractivity contribution >= 4 is 23.4 Å². The van der Waals surface area contributed by atoms with Crippen molar-refractivity contribution < 1.29 is 9.90 Å². The van der Waals surface area contributed by atoms with Crippen LogP contribution in [0.1, 0.15) is 44.3 Å². The average molecular weight is 277 g/mol. The summed E-state index contributed by atoms with van der Waals surface area (Å²) in [6, 6.07) is 5.88. The van der Waals surface area contributed by atoms with E-state index in [0.717, 1.165) is 11.6 Å². The van der Waals surface area contributed by atoms with Crippen LogP contribution in [0.25, 0.3) is 0 Å². The Kier molecular flexibility index (Phi) is 3.54. The topological polar surface area (TPSA) is 49.3 Å². The molecule has 0 spiro atoms. The Morgan fingerprint density at radius 3 is 3.00 bits per heavy atom. The van der Waals surface area contributed by atoms with Crippen LogP contribution in [-0.4, -0.2) is 16.3 Å². The predicted molar refractivity (Wildman–Crippen MR) is 77.3 cm³/mol. The summed E-state index contributed by atoms with van der Waals surface area (Å²) in [5.41, 5.74) is 1.47. The minimum atomic E-state index is -0.997. The number of carbonyl (C=O) groups excluding carboxylic acids is 1. The van der Waals surface area contributed by atoms with Crippen molar-refractivity contribution in [2.45, 2.75) is 48.9 Å². The number of fused-ring (bicyclic) bond motifs is 1. The monoisotopic (exact) mass is 277 g/mol. The van der Waals surface area contributed by atoms with Crippen LogP contribution < -0.4 is 5.32 Å². The van der Waals surface area contributed by atoms with Crippen LogP contribution in [0.2, 0.25) is 0 Å².